The van der Waals surface area contributed by atoms with Crippen LogP contribution in [0.1, 0.15) is 30.9 Å². The highest BCUT2D eigenvalue weighted by Crippen LogP contribution is 2.23. The molecule has 0 aliphatic carbocycles. The predicted molar refractivity (Wildman–Crippen MR) is 93.7 cm³/mol. The number of hydrogen-bond donors (Lipinski definition) is 3. The zero-order valence-electron chi connectivity index (χ0n) is 13.6. The van der Waals surface area contributed by atoms with Gasteiger partial charge in [-0.1, -0.05) is 62.4 Å². The molecular weight excluding hydrogens is 288 g/mol. The number of urea groups is 1. The molecule has 0 heterocycles. The van der Waals surface area contributed by atoms with E-state index in [1.54, 1.807) is 0 Å². The average Bonchev–Trinajstić information content (AvgIpc) is 2.55. The van der Waals surface area contributed by atoms with E-state index < -0.39 is 0 Å². The molecule has 2 amide bonds. The molecule has 0 aliphatic rings. The first-order valence-corrected chi connectivity index (χ1v) is 7.91. The number of para-hydroxylation sites is 1. The topological polar surface area (TPSA) is 61.4 Å². The maximum Gasteiger partial charge on any atom is 0.319 e. The first-order valence-electron chi connectivity index (χ1n) is 7.91. The summed E-state index contributed by atoms with van der Waals surface area (Å²) in [5.74, 6) is 0.324. The van der Waals surface area contributed by atoms with E-state index in [9.17, 15) is 9.90 Å². The van der Waals surface area contributed by atoms with Crippen LogP contribution in [-0.2, 0) is 6.42 Å². The normalized spacial score (nSPS) is 12.0. The minimum Gasteiger partial charge on any atom is -0.394 e. The van der Waals surface area contributed by atoms with Crippen LogP contribution in [0.25, 0.3) is 0 Å². The van der Waals surface area contributed by atoms with Gasteiger partial charge < -0.3 is 15.7 Å². The number of carbonyl (C=O) groups is 1. The smallest absolute Gasteiger partial charge is 0.319 e. The van der Waals surface area contributed by atoms with Crippen molar-refractivity contribution in [1.29, 1.82) is 0 Å². The number of amides is 2. The lowest BCUT2D eigenvalue weighted by molar-refractivity contribution is 0.224. The second kappa shape index (κ2) is 8.34. The minimum atomic E-state index is -0.316. The summed E-state index contributed by atoms with van der Waals surface area (Å²) >= 11 is 0. The molecule has 1 unspecified atom stereocenters. The highest BCUT2D eigenvalue weighted by Gasteiger charge is 2.14. The third-order valence-corrected chi connectivity index (χ3v) is 3.71. The van der Waals surface area contributed by atoms with Crippen LogP contribution in [0, 0.1) is 0 Å². The van der Waals surface area contributed by atoms with Gasteiger partial charge in [0, 0.05) is 5.69 Å². The third-order valence-electron chi connectivity index (χ3n) is 3.71. The quantitative estimate of drug-likeness (QED) is 0.764. The zero-order valence-corrected chi connectivity index (χ0v) is 13.6. The van der Waals surface area contributed by atoms with Crippen LogP contribution in [0.4, 0.5) is 10.5 Å². The molecule has 0 aromatic heterocycles. The van der Waals surface area contributed by atoms with E-state index in [1.807, 2.05) is 54.6 Å². The summed E-state index contributed by atoms with van der Waals surface area (Å²) in [4.78, 5) is 12.2. The number of aliphatic hydroxyl groups is 1. The lowest BCUT2D eigenvalue weighted by Gasteiger charge is -2.19. The highest BCUT2D eigenvalue weighted by atomic mass is 16.3. The maximum atomic E-state index is 12.2. The van der Waals surface area contributed by atoms with Crippen molar-refractivity contribution < 1.29 is 9.90 Å². The maximum absolute atomic E-state index is 12.2. The van der Waals surface area contributed by atoms with Gasteiger partial charge in [0.15, 0.2) is 0 Å². The number of rotatable bonds is 6. The van der Waals surface area contributed by atoms with E-state index in [2.05, 4.69) is 24.5 Å². The molecule has 3 N–H and O–H groups in total. The van der Waals surface area contributed by atoms with E-state index in [0.29, 0.717) is 12.3 Å². The van der Waals surface area contributed by atoms with Crippen LogP contribution in [0.15, 0.2) is 54.6 Å². The average molecular weight is 312 g/mol. The summed E-state index contributed by atoms with van der Waals surface area (Å²) in [6.07, 6.45) is 0.594. The summed E-state index contributed by atoms with van der Waals surface area (Å²) in [5, 5.41) is 15.2. The Morgan fingerprint density at radius 3 is 2.35 bits per heavy atom. The standard InChI is InChI=1S/C19H24N2O2/c1-14(2)17-10-6-7-11-18(17)21-19(23)20-16(13-22)12-15-8-4-3-5-9-15/h3-11,14,16,22H,12-13H2,1-2H3,(H2,20,21,23). The van der Waals surface area contributed by atoms with Crippen molar-refractivity contribution in [1.82, 2.24) is 5.32 Å². The van der Waals surface area contributed by atoms with Gasteiger partial charge in [0.2, 0.25) is 0 Å². The molecule has 2 aromatic rings. The molecule has 1 atom stereocenters. The third kappa shape index (κ3) is 5.11. The molecule has 0 fully saturated rings. The van der Waals surface area contributed by atoms with E-state index in [0.717, 1.165) is 16.8 Å². The van der Waals surface area contributed by atoms with Crippen LogP contribution in [0.5, 0.6) is 0 Å². The highest BCUT2D eigenvalue weighted by molar-refractivity contribution is 5.90. The summed E-state index contributed by atoms with van der Waals surface area (Å²) in [6, 6.07) is 16.9. The van der Waals surface area contributed by atoms with Crippen molar-refractivity contribution in [3.63, 3.8) is 0 Å². The van der Waals surface area contributed by atoms with Gasteiger partial charge in [-0.05, 0) is 29.5 Å². The van der Waals surface area contributed by atoms with Crippen LogP contribution >= 0.6 is 0 Å². The fraction of sp³-hybridized carbons (Fsp3) is 0.316. The first-order chi connectivity index (χ1) is 11.1. The van der Waals surface area contributed by atoms with Crippen molar-refractivity contribution in [2.45, 2.75) is 32.2 Å². The summed E-state index contributed by atoms with van der Waals surface area (Å²) in [6.45, 7) is 4.07. The fourth-order valence-corrected chi connectivity index (χ4v) is 2.52. The zero-order chi connectivity index (χ0) is 16.7. The molecule has 0 bridgehead atoms. The van der Waals surface area contributed by atoms with Crippen molar-refractivity contribution in [2.75, 3.05) is 11.9 Å². The van der Waals surface area contributed by atoms with Crippen molar-refractivity contribution in [3.05, 3.63) is 65.7 Å². The Hall–Kier alpha value is -2.33. The predicted octanol–water partition coefficient (Wildman–Crippen LogP) is 3.54. The molecule has 0 aliphatic heterocycles. The molecular formula is C19H24N2O2. The van der Waals surface area contributed by atoms with Crippen molar-refractivity contribution >= 4 is 11.7 Å². The van der Waals surface area contributed by atoms with Gasteiger partial charge in [0.25, 0.3) is 0 Å². The second-order valence-electron chi connectivity index (χ2n) is 5.91. The number of nitrogens with one attached hydrogen (secondary N) is 2. The Labute approximate surface area is 137 Å². The lowest BCUT2D eigenvalue weighted by Crippen LogP contribution is -2.41. The van der Waals surface area contributed by atoms with E-state index in [4.69, 9.17) is 0 Å². The Bertz CT molecular complexity index is 626. The van der Waals surface area contributed by atoms with Gasteiger partial charge in [0.05, 0.1) is 12.6 Å². The summed E-state index contributed by atoms with van der Waals surface area (Å²) in [7, 11) is 0. The molecule has 2 aromatic carbocycles. The first kappa shape index (κ1) is 17.0. The summed E-state index contributed by atoms with van der Waals surface area (Å²) in [5.41, 5.74) is 2.97. The van der Waals surface area contributed by atoms with Crippen LogP contribution < -0.4 is 10.6 Å². The number of carbonyl (C=O) groups excluding carboxylic acids is 1. The largest absolute Gasteiger partial charge is 0.394 e. The van der Waals surface area contributed by atoms with Gasteiger partial charge in [-0.3, -0.25) is 0 Å². The molecule has 0 saturated carbocycles. The minimum absolute atomic E-state index is 0.103. The Balaban J connectivity index is 1.98. The van der Waals surface area contributed by atoms with Crippen LogP contribution in [0.2, 0.25) is 0 Å². The van der Waals surface area contributed by atoms with Gasteiger partial charge in [-0.25, -0.2) is 4.79 Å². The van der Waals surface area contributed by atoms with Gasteiger partial charge >= 0.3 is 6.03 Å². The monoisotopic (exact) mass is 312 g/mol. The van der Waals surface area contributed by atoms with Crippen molar-refractivity contribution in [3.8, 4) is 0 Å². The number of aliphatic hydroxyl groups excluding tert-OH is 1. The molecule has 4 heteroatoms. The number of hydrogen-bond acceptors (Lipinski definition) is 2. The summed E-state index contributed by atoms with van der Waals surface area (Å²) < 4.78 is 0. The number of anilines is 1. The van der Waals surface area contributed by atoms with E-state index >= 15 is 0 Å². The molecule has 2 rings (SSSR count). The van der Waals surface area contributed by atoms with Crippen LogP contribution in [0.3, 0.4) is 0 Å². The van der Waals surface area contributed by atoms with Crippen LogP contribution in [-0.4, -0.2) is 23.8 Å². The fourth-order valence-electron chi connectivity index (χ4n) is 2.52. The molecule has 23 heavy (non-hydrogen) atoms. The molecule has 122 valence electrons. The molecule has 4 nitrogen and oxygen atoms in total. The second-order valence-corrected chi connectivity index (χ2v) is 5.91. The van der Waals surface area contributed by atoms with Gasteiger partial charge in [-0.15, -0.1) is 0 Å². The Morgan fingerprint density at radius 1 is 1.04 bits per heavy atom. The number of benzene rings is 2. The van der Waals surface area contributed by atoms with E-state index in [1.165, 1.54) is 0 Å². The molecule has 0 saturated heterocycles. The lowest BCUT2D eigenvalue weighted by atomic mass is 10.0. The van der Waals surface area contributed by atoms with Crippen molar-refractivity contribution in [2.24, 2.45) is 0 Å². The Kier molecular flexibility index (Phi) is 6.18. The molecule has 0 radical (unpaired) electrons. The van der Waals surface area contributed by atoms with Gasteiger partial charge in [-0.2, -0.15) is 0 Å². The van der Waals surface area contributed by atoms with E-state index in [-0.39, 0.29) is 18.7 Å². The SMILES string of the molecule is CC(C)c1ccccc1NC(=O)NC(CO)Cc1ccccc1. The molecule has 0 spiro atoms. The van der Waals surface area contributed by atoms with Gasteiger partial charge in [0.1, 0.15) is 0 Å². The Morgan fingerprint density at radius 2 is 1.70 bits per heavy atom.